The number of aryl methyl sites for hydroxylation is 2. The summed E-state index contributed by atoms with van der Waals surface area (Å²) in [4.78, 5) is 13.9. The molecule has 1 aliphatic heterocycles. The summed E-state index contributed by atoms with van der Waals surface area (Å²) >= 11 is 1.99. The maximum atomic E-state index is 12.0. The first-order valence-electron chi connectivity index (χ1n) is 13.5. The Morgan fingerprint density at radius 1 is 1.22 bits per heavy atom. The number of hydrogen-bond acceptors (Lipinski definition) is 5. The number of H-pyrrole nitrogens is 1. The van der Waals surface area contributed by atoms with Crippen LogP contribution in [-0.4, -0.2) is 65.7 Å². The Balaban J connectivity index is 1.32. The van der Waals surface area contributed by atoms with Gasteiger partial charge in [0.05, 0.1) is 5.69 Å². The Hall–Kier alpha value is -2.16. The van der Waals surface area contributed by atoms with Crippen LogP contribution in [-0.2, 0) is 9.52 Å². The quantitative estimate of drug-likeness (QED) is 0.298. The molecule has 5 heterocycles. The van der Waals surface area contributed by atoms with Gasteiger partial charge < -0.3 is 9.88 Å². The molecule has 2 bridgehead atoms. The van der Waals surface area contributed by atoms with E-state index in [9.17, 15) is 4.21 Å². The van der Waals surface area contributed by atoms with Gasteiger partial charge in [0.1, 0.15) is 11.2 Å². The van der Waals surface area contributed by atoms with Crippen molar-refractivity contribution in [2.75, 3.05) is 25.1 Å². The third-order valence-corrected chi connectivity index (χ3v) is 11.4. The predicted octanol–water partition coefficient (Wildman–Crippen LogP) is 5.90. The van der Waals surface area contributed by atoms with Crippen LogP contribution in [0.4, 0.5) is 0 Å². The van der Waals surface area contributed by atoms with Crippen molar-refractivity contribution in [2.45, 2.75) is 71.8 Å². The lowest BCUT2D eigenvalue weighted by atomic mass is 9.88. The van der Waals surface area contributed by atoms with Gasteiger partial charge in [-0.05, 0) is 102 Å². The molecule has 0 spiro atoms. The first-order valence-corrected chi connectivity index (χ1v) is 16.6. The van der Waals surface area contributed by atoms with E-state index in [0.717, 1.165) is 30.3 Å². The fourth-order valence-electron chi connectivity index (χ4n) is 7.06. The van der Waals surface area contributed by atoms with Crippen molar-refractivity contribution in [1.29, 1.82) is 0 Å². The van der Waals surface area contributed by atoms with E-state index < -0.39 is 9.52 Å². The summed E-state index contributed by atoms with van der Waals surface area (Å²) in [7, 11) is -1.88. The van der Waals surface area contributed by atoms with Gasteiger partial charge in [-0.2, -0.15) is 5.10 Å². The number of rotatable bonds is 7. The van der Waals surface area contributed by atoms with E-state index >= 15 is 0 Å². The average molecular weight is 538 g/mol. The summed E-state index contributed by atoms with van der Waals surface area (Å²) in [6, 6.07) is 0.674. The van der Waals surface area contributed by atoms with Gasteiger partial charge in [0, 0.05) is 46.6 Å². The SMILES string of the molecule is C=S(C)(=O)CCCN1C[C@@H]2CC1C[C@H]2c1sc2[nH]c(-c3cn4ncnc4c(C)c3C)c(C(C)C)c2c1C. The number of aromatic amines is 1. The molecule has 198 valence electrons. The van der Waals surface area contributed by atoms with Crippen molar-refractivity contribution < 1.29 is 4.21 Å². The molecule has 4 atom stereocenters. The molecule has 0 radical (unpaired) electrons. The van der Waals surface area contributed by atoms with Gasteiger partial charge in [-0.15, -0.1) is 11.3 Å². The summed E-state index contributed by atoms with van der Waals surface area (Å²) in [5.41, 5.74) is 8.74. The molecule has 1 saturated heterocycles. The first-order chi connectivity index (χ1) is 17.5. The van der Waals surface area contributed by atoms with E-state index in [1.54, 1.807) is 17.5 Å². The fourth-order valence-corrected chi connectivity index (χ4v) is 9.23. The lowest BCUT2D eigenvalue weighted by Crippen LogP contribution is -2.36. The Bertz CT molecular complexity index is 1610. The molecule has 0 aromatic carbocycles. The molecule has 6 nitrogen and oxygen atoms in total. The van der Waals surface area contributed by atoms with Crippen LogP contribution in [0, 0.1) is 26.7 Å². The monoisotopic (exact) mass is 537 g/mol. The average Bonchev–Trinajstić information content (AvgIpc) is 3.62. The number of likely N-dealkylation sites (tertiary alicyclic amines) is 1. The van der Waals surface area contributed by atoms with E-state index in [4.69, 9.17) is 0 Å². The van der Waals surface area contributed by atoms with E-state index in [-0.39, 0.29) is 0 Å². The Kier molecular flexibility index (Phi) is 6.08. The molecule has 0 amide bonds. The van der Waals surface area contributed by atoms with Crippen molar-refractivity contribution in [3.05, 3.63) is 39.7 Å². The van der Waals surface area contributed by atoms with Crippen LogP contribution >= 0.6 is 11.3 Å². The number of aromatic nitrogens is 4. The highest BCUT2D eigenvalue weighted by Gasteiger charge is 2.46. The Morgan fingerprint density at radius 2 is 2.00 bits per heavy atom. The summed E-state index contributed by atoms with van der Waals surface area (Å²) < 4.78 is 13.9. The minimum absolute atomic E-state index is 0.411. The number of fused-ring (bicyclic) bond motifs is 4. The smallest absolute Gasteiger partial charge is 0.158 e. The van der Waals surface area contributed by atoms with E-state index in [2.05, 4.69) is 66.7 Å². The zero-order valence-corrected chi connectivity index (χ0v) is 24.6. The number of piperidine rings is 1. The lowest BCUT2D eigenvalue weighted by molar-refractivity contribution is 0.201. The van der Waals surface area contributed by atoms with Crippen molar-refractivity contribution in [1.82, 2.24) is 24.5 Å². The van der Waals surface area contributed by atoms with Crippen LogP contribution in [0.1, 0.15) is 72.1 Å². The molecular weight excluding hydrogens is 498 g/mol. The zero-order chi connectivity index (χ0) is 26.2. The summed E-state index contributed by atoms with van der Waals surface area (Å²) in [5.74, 6) is 6.37. The second-order valence-corrected chi connectivity index (χ2v) is 15.7. The van der Waals surface area contributed by atoms with E-state index in [0.29, 0.717) is 17.9 Å². The first kappa shape index (κ1) is 25.1. The predicted molar refractivity (Wildman–Crippen MR) is 158 cm³/mol. The second-order valence-electron chi connectivity index (χ2n) is 11.9. The molecule has 4 aromatic heterocycles. The topological polar surface area (TPSA) is 66.3 Å². The van der Waals surface area contributed by atoms with Crippen LogP contribution in [0.2, 0.25) is 0 Å². The third kappa shape index (κ3) is 4.16. The van der Waals surface area contributed by atoms with Crippen molar-refractivity contribution in [3.63, 3.8) is 0 Å². The number of hydrogen-bond donors (Lipinski definition) is 1. The highest BCUT2D eigenvalue weighted by molar-refractivity contribution is 7.99. The van der Waals surface area contributed by atoms with Gasteiger partial charge in [-0.1, -0.05) is 13.8 Å². The maximum Gasteiger partial charge on any atom is 0.158 e. The highest BCUT2D eigenvalue weighted by atomic mass is 32.2. The fraction of sp³-hybridized carbons (Fsp3) is 0.552. The van der Waals surface area contributed by atoms with Crippen LogP contribution in [0.3, 0.4) is 0 Å². The van der Waals surface area contributed by atoms with Gasteiger partial charge in [0.25, 0.3) is 0 Å². The number of pyridine rings is 1. The molecule has 1 aliphatic carbocycles. The standard InChI is InChI=1S/C29H39N5OS2/c1-16(2)24-25-19(5)27(22-12-21-11-20(22)13-33(21)9-8-10-37(6,7)35)36-29(25)32-26(24)23-14-34-28(30-15-31-34)18(4)17(23)3/h14-16,20-22,32H,6,8-13H2,1-5,7H3/t20-,21?,22+,37?/m0/s1. The summed E-state index contributed by atoms with van der Waals surface area (Å²) in [6.45, 7) is 13.6. The highest BCUT2D eigenvalue weighted by Crippen LogP contribution is 2.53. The lowest BCUT2D eigenvalue weighted by Gasteiger charge is -2.31. The van der Waals surface area contributed by atoms with Crippen LogP contribution in [0.15, 0.2) is 12.5 Å². The number of thiophene rings is 1. The van der Waals surface area contributed by atoms with E-state index in [1.807, 2.05) is 15.9 Å². The molecular formula is C29H39N5OS2. The Labute approximate surface area is 224 Å². The summed E-state index contributed by atoms with van der Waals surface area (Å²) in [5, 5.41) is 5.88. The van der Waals surface area contributed by atoms with Crippen molar-refractivity contribution in [2.24, 2.45) is 5.92 Å². The van der Waals surface area contributed by atoms with Gasteiger partial charge in [0.15, 0.2) is 5.65 Å². The van der Waals surface area contributed by atoms with Crippen molar-refractivity contribution >= 4 is 42.6 Å². The minimum Gasteiger partial charge on any atom is -0.346 e. The molecule has 1 N–H and O–H groups in total. The third-order valence-electron chi connectivity index (χ3n) is 8.95. The van der Waals surface area contributed by atoms with Gasteiger partial charge in [0.2, 0.25) is 0 Å². The number of nitrogens with one attached hydrogen (secondary N) is 1. The largest absolute Gasteiger partial charge is 0.346 e. The molecule has 1 saturated carbocycles. The normalized spacial score (nSPS) is 23.7. The van der Waals surface area contributed by atoms with Gasteiger partial charge in [-0.3, -0.25) is 4.21 Å². The van der Waals surface area contributed by atoms with Gasteiger partial charge >= 0.3 is 0 Å². The van der Waals surface area contributed by atoms with Crippen LogP contribution in [0.25, 0.3) is 27.1 Å². The minimum atomic E-state index is -1.88. The molecule has 37 heavy (non-hydrogen) atoms. The Morgan fingerprint density at radius 3 is 2.68 bits per heavy atom. The molecule has 2 fully saturated rings. The number of nitrogens with zero attached hydrogens (tertiary/aromatic N) is 4. The maximum absolute atomic E-state index is 12.0. The molecule has 4 aromatic rings. The second kappa shape index (κ2) is 8.95. The van der Waals surface area contributed by atoms with Crippen molar-refractivity contribution in [3.8, 4) is 11.3 Å². The van der Waals surface area contributed by atoms with Crippen LogP contribution < -0.4 is 0 Å². The van der Waals surface area contributed by atoms with E-state index in [1.165, 1.54) is 63.1 Å². The molecule has 2 aliphatic rings. The summed E-state index contributed by atoms with van der Waals surface area (Å²) in [6.07, 6.45) is 9.11. The molecule has 2 unspecified atom stereocenters. The molecule has 8 heteroatoms. The van der Waals surface area contributed by atoms with Gasteiger partial charge in [-0.25, -0.2) is 9.50 Å². The molecule has 6 rings (SSSR count). The zero-order valence-electron chi connectivity index (χ0n) is 22.9. The van der Waals surface area contributed by atoms with Crippen LogP contribution in [0.5, 0.6) is 0 Å².